The Morgan fingerprint density at radius 2 is 1.73 bits per heavy atom. The fraction of sp³-hybridized carbons (Fsp3) is 0.636. The van der Waals surface area contributed by atoms with Crippen LogP contribution in [0.2, 0.25) is 0 Å². The Hall–Kier alpha value is -1.32. The Labute approximate surface area is 91.5 Å². The van der Waals surface area contributed by atoms with Crippen LogP contribution in [-0.4, -0.2) is 23.1 Å². The van der Waals surface area contributed by atoms with Gasteiger partial charge in [-0.15, -0.1) is 0 Å². The molecule has 2 N–H and O–H groups in total. The maximum absolute atomic E-state index is 4.16. The van der Waals surface area contributed by atoms with E-state index in [0.717, 1.165) is 24.7 Å². The van der Waals surface area contributed by atoms with Gasteiger partial charge >= 0.3 is 0 Å². The van der Waals surface area contributed by atoms with Crippen LogP contribution in [0.4, 0.5) is 11.6 Å². The third-order valence-electron chi connectivity index (χ3n) is 1.82. The highest BCUT2D eigenvalue weighted by Gasteiger charge is 2.09. The summed E-state index contributed by atoms with van der Waals surface area (Å²) in [6.45, 7) is 10.4. The minimum absolute atomic E-state index is 0.253. The molecule has 0 atom stereocenters. The summed E-state index contributed by atoms with van der Waals surface area (Å²) in [7, 11) is 0. The Bertz CT molecular complexity index is 304. The highest BCUT2D eigenvalue weighted by Crippen LogP contribution is 2.15. The van der Waals surface area contributed by atoms with Gasteiger partial charge in [0.25, 0.3) is 0 Å². The molecule has 4 nitrogen and oxygen atoms in total. The number of hydrogen-bond acceptors (Lipinski definition) is 4. The number of hydrogen-bond donors (Lipinski definition) is 2. The number of nitrogens with zero attached hydrogens (tertiary/aromatic N) is 2. The molecule has 1 aromatic rings. The van der Waals surface area contributed by atoms with Crippen LogP contribution in [0.25, 0.3) is 0 Å². The molecule has 0 bridgehead atoms. The van der Waals surface area contributed by atoms with Gasteiger partial charge in [0.15, 0.2) is 0 Å². The van der Waals surface area contributed by atoms with Crippen LogP contribution in [0.5, 0.6) is 0 Å². The lowest BCUT2D eigenvalue weighted by Gasteiger charge is -2.19. The molecule has 4 heteroatoms. The summed E-state index contributed by atoms with van der Waals surface area (Å²) in [5, 5.41) is 6.45. The van der Waals surface area contributed by atoms with Gasteiger partial charge in [0.2, 0.25) is 0 Å². The van der Waals surface area contributed by atoms with Crippen LogP contribution in [0.3, 0.4) is 0 Å². The van der Waals surface area contributed by atoms with Crippen molar-refractivity contribution in [1.82, 2.24) is 9.97 Å². The topological polar surface area (TPSA) is 49.8 Å². The molecule has 0 fully saturated rings. The van der Waals surface area contributed by atoms with Crippen LogP contribution in [0, 0.1) is 5.41 Å². The van der Waals surface area contributed by atoms with E-state index in [0.29, 0.717) is 0 Å². The summed E-state index contributed by atoms with van der Waals surface area (Å²) in [6.07, 6.45) is 1.57. The average molecular weight is 208 g/mol. The van der Waals surface area contributed by atoms with Gasteiger partial charge in [0.1, 0.15) is 18.0 Å². The third kappa shape index (κ3) is 4.63. The smallest absolute Gasteiger partial charge is 0.131 e. The van der Waals surface area contributed by atoms with Crippen LogP contribution >= 0.6 is 0 Å². The van der Waals surface area contributed by atoms with E-state index >= 15 is 0 Å². The lowest BCUT2D eigenvalue weighted by Crippen LogP contribution is -2.19. The summed E-state index contributed by atoms with van der Waals surface area (Å²) in [5.74, 6) is 1.74. The van der Waals surface area contributed by atoms with Crippen molar-refractivity contribution in [2.45, 2.75) is 27.7 Å². The van der Waals surface area contributed by atoms with E-state index in [1.807, 2.05) is 13.0 Å². The van der Waals surface area contributed by atoms with E-state index in [-0.39, 0.29) is 5.41 Å². The molecule has 0 aliphatic carbocycles. The summed E-state index contributed by atoms with van der Waals surface area (Å²) in [4.78, 5) is 8.27. The quantitative estimate of drug-likeness (QED) is 0.797. The second-order valence-corrected chi connectivity index (χ2v) is 4.73. The molecule has 0 aromatic carbocycles. The van der Waals surface area contributed by atoms with Crippen LogP contribution < -0.4 is 10.6 Å². The zero-order valence-corrected chi connectivity index (χ0v) is 9.96. The highest BCUT2D eigenvalue weighted by molar-refractivity contribution is 5.46. The molecule has 0 saturated heterocycles. The van der Waals surface area contributed by atoms with Gasteiger partial charge in [0.05, 0.1) is 0 Å². The van der Waals surface area contributed by atoms with E-state index < -0.39 is 0 Å². The summed E-state index contributed by atoms with van der Waals surface area (Å²) < 4.78 is 0. The molecule has 84 valence electrons. The summed E-state index contributed by atoms with van der Waals surface area (Å²) >= 11 is 0. The first-order valence-electron chi connectivity index (χ1n) is 5.31. The largest absolute Gasteiger partial charge is 0.370 e. The molecule has 0 unspecified atom stereocenters. The molecule has 0 radical (unpaired) electrons. The first-order valence-corrected chi connectivity index (χ1v) is 5.31. The molecule has 1 aromatic heterocycles. The highest BCUT2D eigenvalue weighted by atomic mass is 15.1. The van der Waals surface area contributed by atoms with Crippen molar-refractivity contribution in [2.75, 3.05) is 23.7 Å². The molecule has 0 aliphatic rings. The van der Waals surface area contributed by atoms with Crippen molar-refractivity contribution in [1.29, 1.82) is 0 Å². The first-order chi connectivity index (χ1) is 7.01. The Kier molecular flexibility index (Phi) is 3.88. The molecule has 1 heterocycles. The number of nitrogens with one attached hydrogen (secondary N) is 2. The maximum atomic E-state index is 4.16. The second kappa shape index (κ2) is 4.96. The van der Waals surface area contributed by atoms with Crippen molar-refractivity contribution < 1.29 is 0 Å². The van der Waals surface area contributed by atoms with Crippen LogP contribution in [-0.2, 0) is 0 Å². The fourth-order valence-electron chi connectivity index (χ4n) is 1.09. The molecule has 15 heavy (non-hydrogen) atoms. The van der Waals surface area contributed by atoms with Crippen molar-refractivity contribution in [2.24, 2.45) is 5.41 Å². The van der Waals surface area contributed by atoms with Gasteiger partial charge in [0, 0.05) is 19.2 Å². The van der Waals surface area contributed by atoms with Gasteiger partial charge in [-0.2, -0.15) is 0 Å². The van der Waals surface area contributed by atoms with Gasteiger partial charge in [-0.1, -0.05) is 20.8 Å². The van der Waals surface area contributed by atoms with Crippen molar-refractivity contribution in [3.8, 4) is 0 Å². The Morgan fingerprint density at radius 3 is 2.27 bits per heavy atom. The Balaban J connectivity index is 2.57. The molecule has 0 amide bonds. The molecular formula is C11H20N4. The van der Waals surface area contributed by atoms with Gasteiger partial charge < -0.3 is 10.6 Å². The minimum atomic E-state index is 0.253. The van der Waals surface area contributed by atoms with E-state index in [2.05, 4.69) is 41.4 Å². The average Bonchev–Trinajstić information content (AvgIpc) is 2.15. The van der Waals surface area contributed by atoms with Gasteiger partial charge in [-0.25, -0.2) is 9.97 Å². The molecule has 0 aliphatic heterocycles. The van der Waals surface area contributed by atoms with Crippen molar-refractivity contribution in [3.05, 3.63) is 12.4 Å². The lowest BCUT2D eigenvalue weighted by atomic mass is 9.97. The third-order valence-corrected chi connectivity index (χ3v) is 1.82. The summed E-state index contributed by atoms with van der Waals surface area (Å²) in [5.41, 5.74) is 0.253. The monoisotopic (exact) mass is 208 g/mol. The number of anilines is 2. The predicted octanol–water partition coefficient (Wildman–Crippen LogP) is 2.37. The molecule has 1 rings (SSSR count). The molecule has 0 saturated carbocycles. The van der Waals surface area contributed by atoms with E-state index in [9.17, 15) is 0 Å². The maximum Gasteiger partial charge on any atom is 0.131 e. The molecule has 0 spiro atoms. The zero-order valence-electron chi connectivity index (χ0n) is 9.96. The van der Waals surface area contributed by atoms with Gasteiger partial charge in [-0.05, 0) is 12.3 Å². The fourth-order valence-corrected chi connectivity index (χ4v) is 1.09. The standard InChI is InChI=1S/C11H20N4/c1-5-12-9-6-10(15-8-14-9)13-7-11(2,3)4/h6,8H,5,7H2,1-4H3,(H2,12,13,14,15). The minimum Gasteiger partial charge on any atom is -0.370 e. The second-order valence-electron chi connectivity index (χ2n) is 4.73. The lowest BCUT2D eigenvalue weighted by molar-refractivity contribution is 0.442. The van der Waals surface area contributed by atoms with E-state index in [1.165, 1.54) is 0 Å². The SMILES string of the molecule is CCNc1cc(NCC(C)(C)C)ncn1. The number of rotatable bonds is 4. The number of aromatic nitrogens is 2. The summed E-state index contributed by atoms with van der Waals surface area (Å²) in [6, 6.07) is 1.93. The van der Waals surface area contributed by atoms with Crippen LogP contribution in [0.1, 0.15) is 27.7 Å². The van der Waals surface area contributed by atoms with Crippen molar-refractivity contribution >= 4 is 11.6 Å². The Morgan fingerprint density at radius 1 is 1.13 bits per heavy atom. The zero-order chi connectivity index (χ0) is 11.3. The normalized spacial score (nSPS) is 11.2. The first kappa shape index (κ1) is 11.8. The molecular weight excluding hydrogens is 188 g/mol. The van der Waals surface area contributed by atoms with E-state index in [4.69, 9.17) is 0 Å². The van der Waals surface area contributed by atoms with Crippen LogP contribution in [0.15, 0.2) is 12.4 Å². The predicted molar refractivity (Wildman–Crippen MR) is 64.1 cm³/mol. The van der Waals surface area contributed by atoms with Gasteiger partial charge in [-0.3, -0.25) is 0 Å². The van der Waals surface area contributed by atoms with Crippen molar-refractivity contribution in [3.63, 3.8) is 0 Å². The van der Waals surface area contributed by atoms with E-state index in [1.54, 1.807) is 6.33 Å².